The molecular weight excluding hydrogens is 245 g/mol. The van der Waals surface area contributed by atoms with Crippen molar-refractivity contribution < 1.29 is 9.18 Å². The Bertz CT molecular complexity index is 649. The molecule has 0 aliphatic carbocycles. The van der Waals surface area contributed by atoms with Crippen LogP contribution in [0.15, 0.2) is 48.5 Å². The molecule has 0 fully saturated rings. The van der Waals surface area contributed by atoms with Crippen LogP contribution >= 0.6 is 0 Å². The number of nitriles is 1. The van der Waals surface area contributed by atoms with Crippen LogP contribution in [0.4, 0.5) is 20.6 Å². The molecule has 0 aromatic heterocycles. The number of carbonyl (C=O) groups is 1. The number of hydrogen-bond donors (Lipinski definition) is 2. The number of amides is 2. The average molecular weight is 255 g/mol. The van der Waals surface area contributed by atoms with E-state index < -0.39 is 11.8 Å². The number of para-hydroxylation sites is 2. The molecule has 94 valence electrons. The van der Waals surface area contributed by atoms with Gasteiger partial charge in [0.15, 0.2) is 0 Å². The number of benzene rings is 2. The third-order valence-electron chi connectivity index (χ3n) is 2.42. The molecule has 2 aromatic carbocycles. The predicted molar refractivity (Wildman–Crippen MR) is 70.2 cm³/mol. The molecule has 2 rings (SSSR count). The lowest BCUT2D eigenvalue weighted by Crippen LogP contribution is -2.20. The van der Waals surface area contributed by atoms with Crippen molar-refractivity contribution in [2.24, 2.45) is 0 Å². The number of nitrogens with one attached hydrogen (secondary N) is 2. The van der Waals surface area contributed by atoms with Crippen LogP contribution in [0, 0.1) is 17.1 Å². The van der Waals surface area contributed by atoms with Gasteiger partial charge in [0.2, 0.25) is 0 Å². The minimum Gasteiger partial charge on any atom is -0.306 e. The second-order valence-electron chi connectivity index (χ2n) is 3.72. The summed E-state index contributed by atoms with van der Waals surface area (Å²) in [5.74, 6) is -0.522. The molecule has 0 radical (unpaired) electrons. The van der Waals surface area contributed by atoms with Gasteiger partial charge >= 0.3 is 6.03 Å². The van der Waals surface area contributed by atoms with Gasteiger partial charge in [0.05, 0.1) is 16.9 Å². The second kappa shape index (κ2) is 5.65. The number of carbonyl (C=O) groups excluding carboxylic acids is 1. The van der Waals surface area contributed by atoms with Crippen molar-refractivity contribution >= 4 is 17.4 Å². The second-order valence-corrected chi connectivity index (χ2v) is 3.72. The molecule has 19 heavy (non-hydrogen) atoms. The largest absolute Gasteiger partial charge is 0.323 e. The maximum Gasteiger partial charge on any atom is 0.323 e. The molecule has 2 aromatic rings. The number of rotatable bonds is 2. The Morgan fingerprint density at radius 3 is 2.26 bits per heavy atom. The van der Waals surface area contributed by atoms with E-state index in [1.165, 1.54) is 18.2 Å². The summed E-state index contributed by atoms with van der Waals surface area (Å²) < 4.78 is 13.3. The number of nitrogens with zero attached hydrogens (tertiary/aromatic N) is 1. The maximum absolute atomic E-state index is 13.3. The molecule has 0 unspecified atom stereocenters. The van der Waals surface area contributed by atoms with Gasteiger partial charge in [-0.05, 0) is 24.3 Å². The Hall–Kier alpha value is -2.87. The van der Waals surface area contributed by atoms with Crippen LogP contribution in [-0.2, 0) is 0 Å². The van der Waals surface area contributed by atoms with Crippen molar-refractivity contribution in [3.05, 3.63) is 59.9 Å². The van der Waals surface area contributed by atoms with Gasteiger partial charge < -0.3 is 10.6 Å². The summed E-state index contributed by atoms with van der Waals surface area (Å²) in [7, 11) is 0. The SMILES string of the molecule is N#Cc1ccccc1NC(=O)Nc1ccccc1F. The average Bonchev–Trinajstić information content (AvgIpc) is 2.42. The van der Waals surface area contributed by atoms with E-state index in [1.807, 2.05) is 6.07 Å². The van der Waals surface area contributed by atoms with Gasteiger partial charge in [-0.3, -0.25) is 0 Å². The first kappa shape index (κ1) is 12.6. The van der Waals surface area contributed by atoms with Crippen molar-refractivity contribution in [3.8, 4) is 6.07 Å². The molecule has 0 heterocycles. The van der Waals surface area contributed by atoms with Gasteiger partial charge in [-0.2, -0.15) is 5.26 Å². The highest BCUT2D eigenvalue weighted by atomic mass is 19.1. The number of urea groups is 1. The fourth-order valence-electron chi connectivity index (χ4n) is 1.53. The van der Waals surface area contributed by atoms with E-state index in [9.17, 15) is 9.18 Å². The fraction of sp³-hybridized carbons (Fsp3) is 0. The first-order chi connectivity index (χ1) is 9.20. The van der Waals surface area contributed by atoms with Crippen LogP contribution in [0.3, 0.4) is 0 Å². The van der Waals surface area contributed by atoms with Gasteiger partial charge in [-0.25, -0.2) is 9.18 Å². The minimum absolute atomic E-state index is 0.0782. The zero-order valence-electron chi connectivity index (χ0n) is 9.85. The molecule has 0 spiro atoms. The molecule has 0 atom stereocenters. The first-order valence-corrected chi connectivity index (χ1v) is 5.52. The summed E-state index contributed by atoms with van der Waals surface area (Å²) >= 11 is 0. The zero-order valence-corrected chi connectivity index (χ0v) is 9.85. The lowest BCUT2D eigenvalue weighted by Gasteiger charge is -2.09. The molecule has 2 amide bonds. The fourth-order valence-corrected chi connectivity index (χ4v) is 1.53. The Labute approximate surface area is 109 Å². The quantitative estimate of drug-likeness (QED) is 0.864. The predicted octanol–water partition coefficient (Wildman–Crippen LogP) is 3.34. The van der Waals surface area contributed by atoms with E-state index in [1.54, 1.807) is 30.3 Å². The molecular formula is C14H10FN3O. The smallest absolute Gasteiger partial charge is 0.306 e. The van der Waals surface area contributed by atoms with Crippen LogP contribution in [-0.4, -0.2) is 6.03 Å². The molecule has 0 aliphatic rings. The van der Waals surface area contributed by atoms with Crippen molar-refractivity contribution in [3.63, 3.8) is 0 Å². The van der Waals surface area contributed by atoms with E-state index in [0.29, 0.717) is 11.3 Å². The summed E-state index contributed by atoms with van der Waals surface area (Å²) in [5.41, 5.74) is 0.791. The molecule has 0 aliphatic heterocycles. The third-order valence-corrected chi connectivity index (χ3v) is 2.42. The number of halogens is 1. The lowest BCUT2D eigenvalue weighted by molar-refractivity contribution is 0.262. The van der Waals surface area contributed by atoms with Gasteiger partial charge in [0, 0.05) is 0 Å². The summed E-state index contributed by atoms with van der Waals surface area (Å²) in [4.78, 5) is 11.7. The third kappa shape index (κ3) is 3.07. The zero-order chi connectivity index (χ0) is 13.7. The normalized spacial score (nSPS) is 9.47. The lowest BCUT2D eigenvalue weighted by atomic mass is 10.2. The Kier molecular flexibility index (Phi) is 3.74. The minimum atomic E-state index is -0.604. The summed E-state index contributed by atoms with van der Waals surface area (Å²) in [5, 5.41) is 13.8. The monoisotopic (exact) mass is 255 g/mol. The molecule has 4 nitrogen and oxygen atoms in total. The highest BCUT2D eigenvalue weighted by Crippen LogP contribution is 2.16. The molecule has 0 saturated heterocycles. The topological polar surface area (TPSA) is 64.9 Å². The summed E-state index contributed by atoms with van der Waals surface area (Å²) in [6.07, 6.45) is 0. The van der Waals surface area contributed by atoms with Crippen molar-refractivity contribution in [1.82, 2.24) is 0 Å². The Morgan fingerprint density at radius 2 is 1.58 bits per heavy atom. The molecule has 0 bridgehead atoms. The Morgan fingerprint density at radius 1 is 1.00 bits per heavy atom. The maximum atomic E-state index is 13.3. The number of anilines is 2. The highest BCUT2D eigenvalue weighted by molar-refractivity contribution is 6.00. The van der Waals surface area contributed by atoms with Gasteiger partial charge in [0.25, 0.3) is 0 Å². The Balaban J connectivity index is 2.11. The van der Waals surface area contributed by atoms with Crippen LogP contribution in [0.25, 0.3) is 0 Å². The highest BCUT2D eigenvalue weighted by Gasteiger charge is 2.08. The van der Waals surface area contributed by atoms with Gasteiger partial charge in [0.1, 0.15) is 11.9 Å². The van der Waals surface area contributed by atoms with Crippen LogP contribution < -0.4 is 10.6 Å². The number of hydrogen-bond acceptors (Lipinski definition) is 2. The van der Waals surface area contributed by atoms with Crippen LogP contribution in [0.2, 0.25) is 0 Å². The van der Waals surface area contributed by atoms with E-state index in [-0.39, 0.29) is 5.69 Å². The van der Waals surface area contributed by atoms with Crippen molar-refractivity contribution in [2.75, 3.05) is 10.6 Å². The standard InChI is InChI=1S/C14H10FN3O/c15-11-6-2-4-8-13(11)18-14(19)17-12-7-3-1-5-10(12)9-16/h1-8H,(H2,17,18,19). The molecule has 2 N–H and O–H groups in total. The van der Waals surface area contributed by atoms with E-state index in [4.69, 9.17) is 5.26 Å². The van der Waals surface area contributed by atoms with E-state index in [0.717, 1.165) is 0 Å². The van der Waals surface area contributed by atoms with Gasteiger partial charge in [-0.1, -0.05) is 24.3 Å². The van der Waals surface area contributed by atoms with Crippen LogP contribution in [0.5, 0.6) is 0 Å². The summed E-state index contributed by atoms with van der Waals surface area (Å²) in [6.45, 7) is 0. The molecule has 5 heteroatoms. The van der Waals surface area contributed by atoms with Crippen molar-refractivity contribution in [2.45, 2.75) is 0 Å². The van der Waals surface area contributed by atoms with Crippen LogP contribution in [0.1, 0.15) is 5.56 Å². The van der Waals surface area contributed by atoms with Gasteiger partial charge in [-0.15, -0.1) is 0 Å². The summed E-state index contributed by atoms with van der Waals surface area (Å²) in [6, 6.07) is 13.8. The van der Waals surface area contributed by atoms with Crippen molar-refractivity contribution in [1.29, 1.82) is 5.26 Å². The molecule has 0 saturated carbocycles. The van der Waals surface area contributed by atoms with E-state index in [2.05, 4.69) is 10.6 Å². The first-order valence-electron chi connectivity index (χ1n) is 5.52. The van der Waals surface area contributed by atoms with E-state index >= 15 is 0 Å².